The second-order valence-electron chi connectivity index (χ2n) is 12.5. The highest BCUT2D eigenvalue weighted by molar-refractivity contribution is 5.94. The summed E-state index contributed by atoms with van der Waals surface area (Å²) in [6.07, 6.45) is -4.33. The van der Waals surface area contributed by atoms with Gasteiger partial charge in [-0.15, -0.1) is 0 Å². The van der Waals surface area contributed by atoms with Crippen molar-refractivity contribution in [2.24, 2.45) is 40.4 Å². The van der Waals surface area contributed by atoms with E-state index in [4.69, 9.17) is 0 Å². The second kappa shape index (κ2) is 8.88. The van der Waals surface area contributed by atoms with Gasteiger partial charge in [0.05, 0.1) is 16.8 Å². The third-order valence-electron chi connectivity index (χ3n) is 10.6. The molecule has 0 bridgehead atoms. The van der Waals surface area contributed by atoms with Gasteiger partial charge in [0.2, 0.25) is 11.8 Å². The molecule has 5 rings (SSSR count). The lowest BCUT2D eigenvalue weighted by molar-refractivity contribution is -0.145. The van der Waals surface area contributed by atoms with Gasteiger partial charge < -0.3 is 10.6 Å². The zero-order valence-corrected chi connectivity index (χ0v) is 21.7. The number of benzene rings is 1. The maximum absolute atomic E-state index is 13.6. The van der Waals surface area contributed by atoms with Gasteiger partial charge in [-0.05, 0) is 91.7 Å². The fraction of sp³-hybridized carbons (Fsp3) is 0.714. The van der Waals surface area contributed by atoms with Crippen LogP contribution in [0.2, 0.25) is 0 Å². The van der Waals surface area contributed by atoms with Gasteiger partial charge in [0.25, 0.3) is 0 Å². The highest BCUT2D eigenvalue weighted by Crippen LogP contribution is 2.66. The fourth-order valence-electron chi connectivity index (χ4n) is 8.77. The van der Waals surface area contributed by atoms with E-state index in [1.165, 1.54) is 0 Å². The van der Waals surface area contributed by atoms with Gasteiger partial charge in [-0.25, -0.2) is 0 Å². The van der Waals surface area contributed by atoms with E-state index in [9.17, 15) is 35.9 Å². The first-order chi connectivity index (χ1) is 17.6. The van der Waals surface area contributed by atoms with Gasteiger partial charge in [-0.2, -0.15) is 26.3 Å². The molecule has 3 saturated carbocycles. The average molecular weight is 545 g/mol. The third-order valence-corrected chi connectivity index (χ3v) is 10.6. The van der Waals surface area contributed by atoms with Crippen molar-refractivity contribution >= 4 is 17.5 Å². The molecule has 1 heterocycles. The maximum atomic E-state index is 13.6. The molecule has 3 aliphatic carbocycles. The summed E-state index contributed by atoms with van der Waals surface area (Å²) in [6, 6.07) is 1.27. The Hall–Kier alpha value is -2.26. The molecule has 4 aliphatic rings. The molecule has 2 amide bonds. The zero-order valence-electron chi connectivity index (χ0n) is 21.7. The Morgan fingerprint density at radius 1 is 0.947 bits per heavy atom. The van der Waals surface area contributed by atoms with E-state index in [1.54, 1.807) is 0 Å². The SMILES string of the molecule is CC1CC2(C)C(CCC3C2CCC2(C)C(C(=O)Nc4cc(C(F)(F)F)ccc4C(F)(F)F)CCC32)NC1=O. The first-order valence-corrected chi connectivity index (χ1v) is 13.5. The minimum atomic E-state index is -4.91. The number of fused-ring (bicyclic) bond motifs is 5. The van der Waals surface area contributed by atoms with Crippen molar-refractivity contribution in [2.75, 3.05) is 5.32 Å². The predicted molar refractivity (Wildman–Crippen MR) is 129 cm³/mol. The molecule has 1 aromatic carbocycles. The minimum absolute atomic E-state index is 0.0441. The summed E-state index contributed by atoms with van der Waals surface area (Å²) in [5.74, 6) is -0.279. The number of nitrogens with one attached hydrogen (secondary N) is 2. The number of carbonyl (C=O) groups is 2. The Morgan fingerprint density at radius 2 is 1.63 bits per heavy atom. The van der Waals surface area contributed by atoms with Crippen molar-refractivity contribution in [3.8, 4) is 0 Å². The van der Waals surface area contributed by atoms with Crippen molar-refractivity contribution in [3.05, 3.63) is 29.3 Å². The van der Waals surface area contributed by atoms with E-state index >= 15 is 0 Å². The molecule has 1 aliphatic heterocycles. The molecular weight excluding hydrogens is 510 g/mol. The topological polar surface area (TPSA) is 58.2 Å². The maximum Gasteiger partial charge on any atom is 0.418 e. The van der Waals surface area contributed by atoms with E-state index in [-0.39, 0.29) is 29.2 Å². The number of rotatable bonds is 2. The molecular formula is C28H34F6N2O2. The Balaban J connectivity index is 1.39. The van der Waals surface area contributed by atoms with Crippen molar-refractivity contribution in [1.29, 1.82) is 0 Å². The predicted octanol–water partition coefficient (Wildman–Crippen LogP) is 7.05. The molecule has 0 spiro atoms. The summed E-state index contributed by atoms with van der Waals surface area (Å²) < 4.78 is 80.6. The van der Waals surface area contributed by atoms with Crippen LogP contribution in [0.15, 0.2) is 18.2 Å². The molecule has 10 heteroatoms. The molecule has 38 heavy (non-hydrogen) atoms. The van der Waals surface area contributed by atoms with Crippen LogP contribution in [0.5, 0.6) is 0 Å². The van der Waals surface area contributed by atoms with Crippen LogP contribution in [0.25, 0.3) is 0 Å². The van der Waals surface area contributed by atoms with Crippen LogP contribution >= 0.6 is 0 Å². The standard InChI is InChI=1S/C28H34F6N2O2/c1-14-13-26(3)18-10-11-25(2)17(16(18)5-9-22(26)36-23(14)37)7-8-20(25)24(38)35-21-12-15(27(29,30)31)4-6-19(21)28(32,33)34/h4,6,12,14,16-18,20,22H,5,7-11,13H2,1-3H3,(H,35,38)(H,36,37). The van der Waals surface area contributed by atoms with Crippen molar-refractivity contribution in [2.45, 2.75) is 84.1 Å². The number of amides is 2. The van der Waals surface area contributed by atoms with E-state index in [2.05, 4.69) is 17.6 Å². The molecule has 1 aromatic rings. The monoisotopic (exact) mass is 544 g/mol. The van der Waals surface area contributed by atoms with Crippen LogP contribution < -0.4 is 10.6 Å². The smallest absolute Gasteiger partial charge is 0.353 e. The highest BCUT2D eigenvalue weighted by Gasteiger charge is 2.62. The summed E-state index contributed by atoms with van der Waals surface area (Å²) in [6.45, 7) is 6.24. The Labute approximate surface area is 218 Å². The second-order valence-corrected chi connectivity index (χ2v) is 12.5. The van der Waals surface area contributed by atoms with Gasteiger partial charge in [0.15, 0.2) is 0 Å². The number of alkyl halides is 6. The summed E-state index contributed by atoms with van der Waals surface area (Å²) in [5.41, 5.74) is -3.87. The number of anilines is 1. The summed E-state index contributed by atoms with van der Waals surface area (Å²) in [5, 5.41) is 5.48. The molecule has 8 unspecified atom stereocenters. The average Bonchev–Trinajstić information content (AvgIpc) is 3.16. The highest BCUT2D eigenvalue weighted by atomic mass is 19.4. The van der Waals surface area contributed by atoms with Gasteiger partial charge >= 0.3 is 12.4 Å². The van der Waals surface area contributed by atoms with E-state index in [1.807, 2.05) is 13.8 Å². The molecule has 210 valence electrons. The van der Waals surface area contributed by atoms with Gasteiger partial charge in [0, 0.05) is 17.9 Å². The number of carbonyl (C=O) groups excluding carboxylic acids is 2. The first-order valence-electron chi connectivity index (χ1n) is 13.5. The zero-order chi connectivity index (χ0) is 27.8. The van der Waals surface area contributed by atoms with Crippen LogP contribution in [-0.4, -0.2) is 17.9 Å². The Morgan fingerprint density at radius 3 is 2.29 bits per heavy atom. The van der Waals surface area contributed by atoms with Crippen LogP contribution in [-0.2, 0) is 21.9 Å². The lowest BCUT2D eigenvalue weighted by atomic mass is 9.46. The van der Waals surface area contributed by atoms with E-state index in [0.29, 0.717) is 36.5 Å². The normalized spacial score (nSPS) is 39.0. The minimum Gasteiger partial charge on any atom is -0.353 e. The largest absolute Gasteiger partial charge is 0.418 e. The summed E-state index contributed by atoms with van der Waals surface area (Å²) in [4.78, 5) is 25.8. The van der Waals surface area contributed by atoms with Crippen molar-refractivity contribution in [1.82, 2.24) is 5.32 Å². The molecule has 0 aromatic heterocycles. The first kappa shape index (κ1) is 27.3. The number of hydrogen-bond acceptors (Lipinski definition) is 2. The van der Waals surface area contributed by atoms with E-state index < -0.39 is 46.4 Å². The van der Waals surface area contributed by atoms with Gasteiger partial charge in [-0.1, -0.05) is 20.8 Å². The van der Waals surface area contributed by atoms with Crippen LogP contribution in [0.3, 0.4) is 0 Å². The summed E-state index contributed by atoms with van der Waals surface area (Å²) >= 11 is 0. The third kappa shape index (κ3) is 4.30. The molecule has 2 N–H and O–H groups in total. The molecule has 4 fully saturated rings. The van der Waals surface area contributed by atoms with Crippen molar-refractivity contribution in [3.63, 3.8) is 0 Å². The molecule has 8 atom stereocenters. The molecule has 0 radical (unpaired) electrons. The number of piperidine rings is 1. The number of halogens is 6. The Kier molecular flexibility index (Phi) is 6.38. The fourth-order valence-corrected chi connectivity index (χ4v) is 8.77. The Bertz CT molecular complexity index is 1130. The van der Waals surface area contributed by atoms with Crippen LogP contribution in [0.4, 0.5) is 32.0 Å². The lowest BCUT2D eigenvalue weighted by Gasteiger charge is -2.60. The van der Waals surface area contributed by atoms with Crippen LogP contribution in [0.1, 0.15) is 76.8 Å². The molecule has 4 nitrogen and oxygen atoms in total. The van der Waals surface area contributed by atoms with Crippen LogP contribution in [0, 0.1) is 40.4 Å². The van der Waals surface area contributed by atoms with Gasteiger partial charge in [0.1, 0.15) is 0 Å². The van der Waals surface area contributed by atoms with Crippen molar-refractivity contribution < 1.29 is 35.9 Å². The molecule has 1 saturated heterocycles. The van der Waals surface area contributed by atoms with E-state index in [0.717, 1.165) is 38.5 Å². The summed E-state index contributed by atoms with van der Waals surface area (Å²) in [7, 11) is 0. The lowest BCUT2D eigenvalue weighted by Crippen LogP contribution is -2.62. The quantitative estimate of drug-likeness (QED) is 0.392. The van der Waals surface area contributed by atoms with Gasteiger partial charge in [-0.3, -0.25) is 9.59 Å². The number of hydrogen-bond donors (Lipinski definition) is 2.